The van der Waals surface area contributed by atoms with Crippen LogP contribution in [-0.2, 0) is 4.79 Å². The Labute approximate surface area is 112 Å². The first-order chi connectivity index (χ1) is 8.99. The number of amides is 1. The average Bonchev–Trinajstić information content (AvgIpc) is 2.38. The number of nitrogens with zero attached hydrogens (tertiary/aromatic N) is 1. The summed E-state index contributed by atoms with van der Waals surface area (Å²) in [5.74, 6) is -0.687. The molecule has 104 valence electrons. The van der Waals surface area contributed by atoms with Crippen LogP contribution in [0.1, 0.15) is 31.4 Å². The van der Waals surface area contributed by atoms with E-state index in [9.17, 15) is 14.3 Å². The van der Waals surface area contributed by atoms with Gasteiger partial charge in [-0.1, -0.05) is 0 Å². The van der Waals surface area contributed by atoms with Gasteiger partial charge in [-0.05, 0) is 38.0 Å². The molecule has 5 heteroatoms. The summed E-state index contributed by atoms with van der Waals surface area (Å²) in [5, 5.41) is 9.73. The Kier molecular flexibility index (Phi) is 4.04. The number of rotatable bonds is 3. The van der Waals surface area contributed by atoms with E-state index >= 15 is 0 Å². The summed E-state index contributed by atoms with van der Waals surface area (Å²) in [6.45, 7) is 3.01. The third kappa shape index (κ3) is 3.04. The first-order valence-electron chi connectivity index (χ1n) is 6.51. The van der Waals surface area contributed by atoms with E-state index in [1.165, 1.54) is 12.1 Å². The predicted molar refractivity (Wildman–Crippen MR) is 71.2 cm³/mol. The Balaban J connectivity index is 2.17. The molecule has 0 saturated carbocycles. The first kappa shape index (κ1) is 13.8. The number of aliphatic hydroxyl groups excluding tert-OH is 1. The zero-order valence-electron chi connectivity index (χ0n) is 11.0. The van der Waals surface area contributed by atoms with Gasteiger partial charge >= 0.3 is 0 Å². The molecule has 1 amide bonds. The third-order valence-corrected chi connectivity index (χ3v) is 3.68. The molecule has 1 aliphatic rings. The van der Waals surface area contributed by atoms with Gasteiger partial charge < -0.3 is 15.7 Å². The van der Waals surface area contributed by atoms with Crippen molar-refractivity contribution in [3.8, 4) is 0 Å². The number of hydrogen-bond donors (Lipinski definition) is 2. The molecule has 1 atom stereocenters. The maximum absolute atomic E-state index is 13.3. The van der Waals surface area contributed by atoms with E-state index in [-0.39, 0.29) is 17.6 Å². The zero-order valence-corrected chi connectivity index (χ0v) is 11.0. The van der Waals surface area contributed by atoms with E-state index in [0.29, 0.717) is 31.5 Å². The van der Waals surface area contributed by atoms with Crippen LogP contribution in [0.2, 0.25) is 0 Å². The van der Waals surface area contributed by atoms with Crippen LogP contribution in [-0.4, -0.2) is 24.1 Å². The molecule has 1 aromatic carbocycles. The van der Waals surface area contributed by atoms with Crippen molar-refractivity contribution < 1.29 is 14.3 Å². The molecule has 4 nitrogen and oxygen atoms in total. The number of carbonyl (C=O) groups is 1. The second kappa shape index (κ2) is 5.57. The molecule has 1 aliphatic heterocycles. The number of benzene rings is 1. The van der Waals surface area contributed by atoms with Crippen molar-refractivity contribution >= 4 is 11.6 Å². The highest BCUT2D eigenvalue weighted by molar-refractivity contribution is 5.77. The van der Waals surface area contributed by atoms with Crippen molar-refractivity contribution in [2.75, 3.05) is 18.0 Å². The van der Waals surface area contributed by atoms with Crippen LogP contribution in [0.15, 0.2) is 18.2 Å². The second-order valence-corrected chi connectivity index (χ2v) is 5.04. The lowest BCUT2D eigenvalue weighted by Crippen LogP contribution is -2.39. The van der Waals surface area contributed by atoms with Gasteiger partial charge in [0.25, 0.3) is 0 Å². The monoisotopic (exact) mass is 266 g/mol. The van der Waals surface area contributed by atoms with Crippen LogP contribution in [0.3, 0.4) is 0 Å². The normalized spacial score (nSPS) is 18.4. The molecule has 1 unspecified atom stereocenters. The van der Waals surface area contributed by atoms with Gasteiger partial charge in [0.2, 0.25) is 5.91 Å². The number of hydrogen-bond acceptors (Lipinski definition) is 3. The summed E-state index contributed by atoms with van der Waals surface area (Å²) in [5.41, 5.74) is 6.72. The van der Waals surface area contributed by atoms with Gasteiger partial charge in [0, 0.05) is 30.3 Å². The SMILES string of the molecule is CC(O)c1cc(F)ccc1N1CCC(C(N)=O)CC1. The number of piperidine rings is 1. The fourth-order valence-electron chi connectivity index (χ4n) is 2.55. The smallest absolute Gasteiger partial charge is 0.220 e. The number of carbonyl (C=O) groups excluding carboxylic acids is 1. The molecule has 1 fully saturated rings. The van der Waals surface area contributed by atoms with Crippen LogP contribution in [0.4, 0.5) is 10.1 Å². The molecule has 1 saturated heterocycles. The van der Waals surface area contributed by atoms with Crippen molar-refractivity contribution in [2.45, 2.75) is 25.9 Å². The molecule has 0 radical (unpaired) electrons. The van der Waals surface area contributed by atoms with Gasteiger partial charge in [-0.15, -0.1) is 0 Å². The second-order valence-electron chi connectivity index (χ2n) is 5.04. The topological polar surface area (TPSA) is 66.6 Å². The quantitative estimate of drug-likeness (QED) is 0.873. The highest BCUT2D eigenvalue weighted by Crippen LogP contribution is 2.30. The minimum atomic E-state index is -0.723. The maximum Gasteiger partial charge on any atom is 0.220 e. The van der Waals surface area contributed by atoms with Crippen LogP contribution in [0, 0.1) is 11.7 Å². The molecule has 3 N–H and O–H groups in total. The standard InChI is InChI=1S/C14H19FN2O2/c1-9(18)12-8-11(15)2-3-13(12)17-6-4-10(5-7-17)14(16)19/h2-3,8-10,18H,4-7H2,1H3,(H2,16,19). The Morgan fingerprint density at radius 3 is 2.63 bits per heavy atom. The van der Waals surface area contributed by atoms with Crippen LogP contribution in [0.5, 0.6) is 0 Å². The lowest BCUT2D eigenvalue weighted by Gasteiger charge is -2.34. The number of aliphatic hydroxyl groups is 1. The Morgan fingerprint density at radius 2 is 2.11 bits per heavy atom. The predicted octanol–water partition coefficient (Wildman–Crippen LogP) is 1.58. The van der Waals surface area contributed by atoms with Crippen molar-refractivity contribution in [2.24, 2.45) is 11.7 Å². The van der Waals surface area contributed by atoms with E-state index in [1.807, 2.05) is 0 Å². The summed E-state index contributed by atoms with van der Waals surface area (Å²) in [6.07, 6.45) is 0.678. The fourth-order valence-corrected chi connectivity index (χ4v) is 2.55. The molecule has 0 aromatic heterocycles. The summed E-state index contributed by atoms with van der Waals surface area (Å²) >= 11 is 0. The summed E-state index contributed by atoms with van der Waals surface area (Å²) in [6, 6.07) is 4.43. The number of anilines is 1. The Bertz CT molecular complexity index is 469. The van der Waals surface area contributed by atoms with E-state index in [0.717, 1.165) is 5.69 Å². The molecular formula is C14H19FN2O2. The molecule has 0 aliphatic carbocycles. The number of nitrogens with two attached hydrogens (primary N) is 1. The van der Waals surface area contributed by atoms with Gasteiger partial charge in [0.15, 0.2) is 0 Å². The molecular weight excluding hydrogens is 247 g/mol. The van der Waals surface area contributed by atoms with Crippen molar-refractivity contribution in [1.29, 1.82) is 0 Å². The Hall–Kier alpha value is -1.62. The highest BCUT2D eigenvalue weighted by Gasteiger charge is 2.25. The zero-order chi connectivity index (χ0) is 14.0. The highest BCUT2D eigenvalue weighted by atomic mass is 19.1. The first-order valence-corrected chi connectivity index (χ1v) is 6.51. The van der Waals surface area contributed by atoms with Crippen molar-refractivity contribution in [3.05, 3.63) is 29.6 Å². The van der Waals surface area contributed by atoms with Gasteiger partial charge in [0.05, 0.1) is 6.10 Å². The van der Waals surface area contributed by atoms with Gasteiger partial charge in [-0.25, -0.2) is 4.39 Å². The molecule has 19 heavy (non-hydrogen) atoms. The minimum Gasteiger partial charge on any atom is -0.389 e. The summed E-state index contributed by atoms with van der Waals surface area (Å²) in [7, 11) is 0. The van der Waals surface area contributed by atoms with Crippen LogP contribution in [0.25, 0.3) is 0 Å². The maximum atomic E-state index is 13.3. The van der Waals surface area contributed by atoms with E-state index in [4.69, 9.17) is 5.73 Å². The largest absolute Gasteiger partial charge is 0.389 e. The minimum absolute atomic E-state index is 0.0771. The Morgan fingerprint density at radius 1 is 1.47 bits per heavy atom. The summed E-state index contributed by atoms with van der Waals surface area (Å²) < 4.78 is 13.3. The molecule has 1 aromatic rings. The fraction of sp³-hybridized carbons (Fsp3) is 0.500. The van der Waals surface area contributed by atoms with E-state index in [1.54, 1.807) is 13.0 Å². The molecule has 1 heterocycles. The number of primary amides is 1. The van der Waals surface area contributed by atoms with Crippen LogP contribution >= 0.6 is 0 Å². The third-order valence-electron chi connectivity index (χ3n) is 3.68. The lowest BCUT2D eigenvalue weighted by atomic mass is 9.95. The molecule has 0 bridgehead atoms. The number of halogens is 1. The summed E-state index contributed by atoms with van der Waals surface area (Å²) in [4.78, 5) is 13.2. The van der Waals surface area contributed by atoms with Gasteiger partial charge in [-0.3, -0.25) is 4.79 Å². The molecule has 2 rings (SSSR count). The van der Waals surface area contributed by atoms with E-state index in [2.05, 4.69) is 4.90 Å². The van der Waals surface area contributed by atoms with Crippen molar-refractivity contribution in [3.63, 3.8) is 0 Å². The van der Waals surface area contributed by atoms with E-state index < -0.39 is 6.10 Å². The lowest BCUT2D eigenvalue weighted by molar-refractivity contribution is -0.122. The van der Waals surface area contributed by atoms with Crippen LogP contribution < -0.4 is 10.6 Å². The average molecular weight is 266 g/mol. The van der Waals surface area contributed by atoms with Crippen molar-refractivity contribution in [1.82, 2.24) is 0 Å². The van der Waals surface area contributed by atoms with Gasteiger partial charge in [0.1, 0.15) is 5.82 Å². The van der Waals surface area contributed by atoms with Gasteiger partial charge in [-0.2, -0.15) is 0 Å². The molecule has 0 spiro atoms.